The second-order valence-corrected chi connectivity index (χ2v) is 6.21. The zero-order valence-electron chi connectivity index (χ0n) is 11.1. The van der Waals surface area contributed by atoms with E-state index in [-0.39, 0.29) is 35.1 Å². The molecule has 2 fully saturated rings. The Morgan fingerprint density at radius 3 is 2.45 bits per heavy atom. The van der Waals surface area contributed by atoms with Gasteiger partial charge in [0, 0.05) is 11.6 Å². The van der Waals surface area contributed by atoms with Crippen molar-refractivity contribution in [2.24, 2.45) is 0 Å². The van der Waals surface area contributed by atoms with Gasteiger partial charge in [-0.2, -0.15) is 12.6 Å². The third kappa shape index (κ3) is 2.19. The summed E-state index contributed by atoms with van der Waals surface area (Å²) >= 11 is 4.38. The lowest BCUT2D eigenvalue weighted by molar-refractivity contribution is -0.150. The average molecular weight is 293 g/mol. The summed E-state index contributed by atoms with van der Waals surface area (Å²) in [5, 5.41) is 19.2. The molecule has 1 heterocycles. The van der Waals surface area contributed by atoms with E-state index in [9.17, 15) is 15.0 Å². The fourth-order valence-corrected chi connectivity index (χ4v) is 3.73. The predicted octanol–water partition coefficient (Wildman–Crippen LogP) is 1.88. The van der Waals surface area contributed by atoms with E-state index >= 15 is 0 Å². The molecule has 1 saturated heterocycles. The van der Waals surface area contributed by atoms with E-state index in [0.29, 0.717) is 0 Å². The summed E-state index contributed by atoms with van der Waals surface area (Å²) in [7, 11) is 0. The van der Waals surface area contributed by atoms with Gasteiger partial charge in [0.25, 0.3) is 0 Å². The van der Waals surface area contributed by atoms with Gasteiger partial charge in [-0.15, -0.1) is 0 Å². The highest BCUT2D eigenvalue weighted by molar-refractivity contribution is 7.82. The molecule has 108 valence electrons. The number of aliphatic hydroxyl groups is 1. The summed E-state index contributed by atoms with van der Waals surface area (Å²) in [6.45, 7) is 0. The predicted molar refractivity (Wildman–Crippen MR) is 78.7 cm³/mol. The van der Waals surface area contributed by atoms with Crippen LogP contribution in [0.3, 0.4) is 0 Å². The average Bonchev–Trinajstić information content (AvgIpc) is 2.46. The summed E-state index contributed by atoms with van der Waals surface area (Å²) in [4.78, 5) is 14.0. The second kappa shape index (κ2) is 5.30. The van der Waals surface area contributed by atoms with Gasteiger partial charge in [0.2, 0.25) is 5.91 Å². The molecule has 2 atom stereocenters. The number of carbonyl (C=O) groups is 1. The number of carbonyl (C=O) groups excluding carboxylic acids is 1. The van der Waals surface area contributed by atoms with Crippen LogP contribution in [0.1, 0.15) is 37.3 Å². The Bertz CT molecular complexity index is 514. The van der Waals surface area contributed by atoms with Crippen molar-refractivity contribution in [2.45, 2.75) is 49.1 Å². The van der Waals surface area contributed by atoms with Gasteiger partial charge in [0.05, 0.1) is 12.1 Å². The maximum Gasteiger partial charge on any atom is 0.238 e. The molecule has 1 aliphatic carbocycles. The van der Waals surface area contributed by atoms with Crippen LogP contribution in [0.4, 0.5) is 0 Å². The van der Waals surface area contributed by atoms with E-state index in [2.05, 4.69) is 12.6 Å². The Hall–Kier alpha value is -1.20. The number of phenols is 1. The highest BCUT2D eigenvalue weighted by Gasteiger charge is 2.50. The topological polar surface area (TPSA) is 60.8 Å². The molecule has 1 saturated carbocycles. The molecule has 4 nitrogen and oxygen atoms in total. The number of hydrogen-bond donors (Lipinski definition) is 3. The monoisotopic (exact) mass is 293 g/mol. The maximum absolute atomic E-state index is 12.1. The van der Waals surface area contributed by atoms with E-state index in [1.54, 1.807) is 12.1 Å². The number of amides is 1. The van der Waals surface area contributed by atoms with Crippen LogP contribution in [0.15, 0.2) is 24.3 Å². The second-order valence-electron chi connectivity index (χ2n) is 5.66. The first-order valence-corrected chi connectivity index (χ1v) is 7.57. The molecule has 3 rings (SSSR count). The number of β-lactam (4-membered cyclic amide) rings is 1. The van der Waals surface area contributed by atoms with Crippen molar-refractivity contribution in [1.29, 1.82) is 0 Å². The number of thiol groups is 1. The molecule has 1 aliphatic heterocycles. The summed E-state index contributed by atoms with van der Waals surface area (Å²) in [6.07, 6.45) is 2.87. The van der Waals surface area contributed by atoms with E-state index in [1.807, 2.05) is 17.0 Å². The number of likely N-dealkylation sites (tertiary alicyclic amines) is 1. The minimum atomic E-state index is -0.379. The molecule has 0 aromatic heterocycles. The third-order valence-corrected chi connectivity index (χ3v) is 4.92. The molecule has 5 heteroatoms. The van der Waals surface area contributed by atoms with Crippen LogP contribution >= 0.6 is 12.6 Å². The van der Waals surface area contributed by atoms with E-state index in [0.717, 1.165) is 31.2 Å². The van der Waals surface area contributed by atoms with Gasteiger partial charge in [0.15, 0.2) is 0 Å². The number of hydrogen-bond acceptors (Lipinski definition) is 4. The van der Waals surface area contributed by atoms with Gasteiger partial charge < -0.3 is 15.1 Å². The number of benzene rings is 1. The smallest absolute Gasteiger partial charge is 0.238 e. The van der Waals surface area contributed by atoms with Crippen LogP contribution in [0.2, 0.25) is 0 Å². The molecule has 1 aromatic rings. The van der Waals surface area contributed by atoms with Gasteiger partial charge >= 0.3 is 0 Å². The number of nitrogens with zero attached hydrogens (tertiary/aromatic N) is 1. The summed E-state index contributed by atoms with van der Waals surface area (Å²) < 4.78 is 0. The Kier molecular flexibility index (Phi) is 3.65. The Labute approximate surface area is 123 Å². The third-order valence-electron chi connectivity index (χ3n) is 4.42. The lowest BCUT2D eigenvalue weighted by atomic mass is 9.84. The largest absolute Gasteiger partial charge is 0.508 e. The van der Waals surface area contributed by atoms with Crippen LogP contribution in [-0.2, 0) is 4.79 Å². The molecule has 1 aromatic carbocycles. The van der Waals surface area contributed by atoms with Crippen molar-refractivity contribution in [1.82, 2.24) is 4.90 Å². The van der Waals surface area contributed by atoms with Crippen LogP contribution in [-0.4, -0.2) is 38.4 Å². The first-order valence-electron chi connectivity index (χ1n) is 7.06. The fourth-order valence-electron chi connectivity index (χ4n) is 3.30. The number of aromatic hydroxyl groups is 1. The van der Waals surface area contributed by atoms with Crippen LogP contribution < -0.4 is 0 Å². The minimum absolute atomic E-state index is 0.0305. The summed E-state index contributed by atoms with van der Waals surface area (Å²) in [6, 6.07) is 7.11. The molecule has 2 N–H and O–H groups in total. The van der Waals surface area contributed by atoms with Crippen molar-refractivity contribution in [3.05, 3.63) is 29.8 Å². The number of rotatable bonds is 2. The minimum Gasteiger partial charge on any atom is -0.508 e. The van der Waals surface area contributed by atoms with Crippen LogP contribution in [0.5, 0.6) is 5.75 Å². The lowest BCUT2D eigenvalue weighted by Gasteiger charge is -2.51. The molecule has 20 heavy (non-hydrogen) atoms. The molecule has 0 radical (unpaired) electrons. The number of para-hydroxylation sites is 1. The van der Waals surface area contributed by atoms with Crippen LogP contribution in [0.25, 0.3) is 0 Å². The normalized spacial score (nSPS) is 33.9. The SMILES string of the molecule is O=C1[C@H](S)[C@@H](c2ccccc2O)N1C1CCC(O)CC1. The van der Waals surface area contributed by atoms with Crippen molar-refractivity contribution in [3.63, 3.8) is 0 Å². The van der Waals surface area contributed by atoms with Crippen molar-refractivity contribution in [2.75, 3.05) is 0 Å². The van der Waals surface area contributed by atoms with Gasteiger partial charge in [-0.1, -0.05) is 18.2 Å². The van der Waals surface area contributed by atoms with E-state index in [1.165, 1.54) is 0 Å². The van der Waals surface area contributed by atoms with E-state index < -0.39 is 0 Å². The van der Waals surface area contributed by atoms with Gasteiger partial charge in [-0.25, -0.2) is 0 Å². The molecule has 0 spiro atoms. The first kappa shape index (κ1) is 13.8. The lowest BCUT2D eigenvalue weighted by Crippen LogP contribution is -2.60. The zero-order chi connectivity index (χ0) is 14.3. The number of aliphatic hydroxyl groups excluding tert-OH is 1. The quantitative estimate of drug-likeness (QED) is 0.576. The first-order chi connectivity index (χ1) is 9.59. The molecule has 0 unspecified atom stereocenters. The molecular weight excluding hydrogens is 274 g/mol. The van der Waals surface area contributed by atoms with Gasteiger partial charge in [0.1, 0.15) is 11.0 Å². The molecular formula is C15H19NO3S. The highest BCUT2D eigenvalue weighted by Crippen LogP contribution is 2.45. The van der Waals surface area contributed by atoms with Gasteiger partial charge in [-0.3, -0.25) is 4.79 Å². The molecule has 2 aliphatic rings. The van der Waals surface area contributed by atoms with Gasteiger partial charge in [-0.05, 0) is 31.7 Å². The van der Waals surface area contributed by atoms with Crippen molar-refractivity contribution < 1.29 is 15.0 Å². The maximum atomic E-state index is 12.1. The highest BCUT2D eigenvalue weighted by atomic mass is 32.1. The summed E-state index contributed by atoms with van der Waals surface area (Å²) in [5.74, 6) is 0.243. The molecule has 0 bridgehead atoms. The van der Waals surface area contributed by atoms with Crippen molar-refractivity contribution >= 4 is 18.5 Å². The Balaban J connectivity index is 1.83. The molecule has 1 amide bonds. The zero-order valence-corrected chi connectivity index (χ0v) is 12.0. The fraction of sp³-hybridized carbons (Fsp3) is 0.533. The Morgan fingerprint density at radius 2 is 1.80 bits per heavy atom. The Morgan fingerprint density at radius 1 is 1.15 bits per heavy atom. The van der Waals surface area contributed by atoms with E-state index in [4.69, 9.17) is 0 Å². The standard InChI is InChI=1S/C15H19NO3S/c17-10-7-5-9(6-8-10)16-13(14(20)15(16)19)11-3-1-2-4-12(11)18/h1-4,9-10,13-14,17-18,20H,5-8H2/t9?,10?,13-,14-/m1/s1. The summed E-state index contributed by atoms with van der Waals surface area (Å²) in [5.41, 5.74) is 0.762. The van der Waals surface area contributed by atoms with Crippen LogP contribution in [0, 0.1) is 0 Å². The van der Waals surface area contributed by atoms with Crippen molar-refractivity contribution in [3.8, 4) is 5.75 Å². The number of phenolic OH excluding ortho intramolecular Hbond substituents is 1.